The minimum atomic E-state index is 0.295. The lowest BCUT2D eigenvalue weighted by Gasteiger charge is -2.33. The fourth-order valence-corrected chi connectivity index (χ4v) is 5.01. The lowest BCUT2D eigenvalue weighted by Crippen LogP contribution is -2.26. The Morgan fingerprint density at radius 1 is 1.22 bits per heavy atom. The second kappa shape index (κ2) is 7.01. The van der Waals surface area contributed by atoms with Gasteiger partial charge in [-0.05, 0) is 59.9 Å². The number of fused-ring (bicyclic) bond motifs is 2. The SMILES string of the molecule is CC(C)(C)[C@H]1CCc2c(sc(N=Cc3ccc4c(c3)OCCO4)c2C#N)C1. The molecule has 1 aliphatic carbocycles. The van der Waals surface area contributed by atoms with E-state index in [1.807, 2.05) is 24.4 Å². The van der Waals surface area contributed by atoms with Crippen molar-refractivity contribution in [3.8, 4) is 17.6 Å². The lowest BCUT2D eigenvalue weighted by molar-refractivity contribution is 0.171. The Labute approximate surface area is 164 Å². The van der Waals surface area contributed by atoms with E-state index in [0.717, 1.165) is 46.9 Å². The molecule has 4 nitrogen and oxygen atoms in total. The maximum atomic E-state index is 9.69. The molecule has 4 rings (SSSR count). The molecule has 0 N–H and O–H groups in total. The third-order valence-corrected chi connectivity index (χ3v) is 6.64. The summed E-state index contributed by atoms with van der Waals surface area (Å²) < 4.78 is 11.2. The van der Waals surface area contributed by atoms with Gasteiger partial charge in [-0.1, -0.05) is 20.8 Å². The standard InChI is InChI=1S/C22H24N2O2S/c1-22(2,3)15-5-6-16-17(12-23)21(27-20(16)11-15)24-13-14-4-7-18-19(10-14)26-9-8-25-18/h4,7,10,13,15H,5-6,8-9,11H2,1-3H3/t15-/m0/s1. The predicted octanol–water partition coefficient (Wildman–Crippen LogP) is 5.29. The quantitative estimate of drug-likeness (QED) is 0.665. The molecule has 0 bridgehead atoms. The largest absolute Gasteiger partial charge is 0.486 e. The number of benzene rings is 1. The van der Waals surface area contributed by atoms with Crippen molar-refractivity contribution in [3.63, 3.8) is 0 Å². The smallest absolute Gasteiger partial charge is 0.162 e. The molecule has 2 aliphatic rings. The van der Waals surface area contributed by atoms with Crippen LogP contribution in [0.2, 0.25) is 0 Å². The first-order valence-electron chi connectivity index (χ1n) is 9.44. The van der Waals surface area contributed by atoms with Crippen molar-refractivity contribution >= 4 is 22.6 Å². The Morgan fingerprint density at radius 2 is 2.00 bits per heavy atom. The summed E-state index contributed by atoms with van der Waals surface area (Å²) in [5.74, 6) is 2.19. The van der Waals surface area contributed by atoms with Crippen molar-refractivity contribution in [2.75, 3.05) is 13.2 Å². The van der Waals surface area contributed by atoms with E-state index in [2.05, 4.69) is 31.8 Å². The third-order valence-electron chi connectivity index (χ3n) is 5.48. The normalized spacial score (nSPS) is 19.0. The highest BCUT2D eigenvalue weighted by Crippen LogP contribution is 2.45. The van der Waals surface area contributed by atoms with Crippen LogP contribution in [0.5, 0.6) is 11.5 Å². The fourth-order valence-electron chi connectivity index (χ4n) is 3.79. The molecule has 0 unspecified atom stereocenters. The first kappa shape index (κ1) is 18.1. The van der Waals surface area contributed by atoms with E-state index in [4.69, 9.17) is 9.47 Å². The summed E-state index contributed by atoms with van der Waals surface area (Å²) in [7, 11) is 0. The van der Waals surface area contributed by atoms with Crippen molar-refractivity contribution in [1.82, 2.24) is 0 Å². The van der Waals surface area contributed by atoms with E-state index < -0.39 is 0 Å². The number of nitrogens with zero attached hydrogens (tertiary/aromatic N) is 2. The highest BCUT2D eigenvalue weighted by Gasteiger charge is 2.32. The van der Waals surface area contributed by atoms with Crippen LogP contribution in [0.4, 0.5) is 5.00 Å². The van der Waals surface area contributed by atoms with Gasteiger partial charge >= 0.3 is 0 Å². The molecule has 1 aliphatic heterocycles. The van der Waals surface area contributed by atoms with Crippen LogP contribution in [0.15, 0.2) is 23.2 Å². The minimum Gasteiger partial charge on any atom is -0.486 e. The zero-order chi connectivity index (χ0) is 19.0. The van der Waals surface area contributed by atoms with Gasteiger partial charge in [-0.15, -0.1) is 11.3 Å². The molecule has 1 aromatic carbocycles. The van der Waals surface area contributed by atoms with Crippen LogP contribution < -0.4 is 9.47 Å². The Bertz CT molecular complexity index is 931. The molecule has 2 aromatic rings. The van der Waals surface area contributed by atoms with Gasteiger partial charge in [0.25, 0.3) is 0 Å². The van der Waals surface area contributed by atoms with Gasteiger partial charge in [0.2, 0.25) is 0 Å². The molecule has 0 fully saturated rings. The van der Waals surface area contributed by atoms with Crippen molar-refractivity contribution < 1.29 is 9.47 Å². The maximum absolute atomic E-state index is 9.69. The number of hydrogen-bond acceptors (Lipinski definition) is 5. The predicted molar refractivity (Wildman–Crippen MR) is 109 cm³/mol. The molecular weight excluding hydrogens is 356 g/mol. The van der Waals surface area contributed by atoms with Gasteiger partial charge in [-0.3, -0.25) is 0 Å². The van der Waals surface area contributed by atoms with Crippen molar-refractivity contribution in [3.05, 3.63) is 39.8 Å². The first-order chi connectivity index (χ1) is 13.0. The van der Waals surface area contributed by atoms with Gasteiger partial charge in [0, 0.05) is 11.1 Å². The fraction of sp³-hybridized carbons (Fsp3) is 0.455. The maximum Gasteiger partial charge on any atom is 0.162 e. The molecule has 27 heavy (non-hydrogen) atoms. The Balaban J connectivity index is 1.61. The minimum absolute atomic E-state index is 0.295. The average Bonchev–Trinajstić information content (AvgIpc) is 3.02. The Morgan fingerprint density at radius 3 is 2.74 bits per heavy atom. The van der Waals surface area contributed by atoms with Crippen LogP contribution >= 0.6 is 11.3 Å². The summed E-state index contributed by atoms with van der Waals surface area (Å²) in [5.41, 5.74) is 3.22. The van der Waals surface area contributed by atoms with E-state index in [1.54, 1.807) is 11.3 Å². The number of aliphatic imine (C=N–C) groups is 1. The molecule has 140 valence electrons. The van der Waals surface area contributed by atoms with Crippen LogP contribution in [-0.2, 0) is 12.8 Å². The molecule has 0 radical (unpaired) electrons. The summed E-state index contributed by atoms with van der Waals surface area (Å²) >= 11 is 1.68. The Hall–Kier alpha value is -2.32. The zero-order valence-electron chi connectivity index (χ0n) is 16.0. The molecule has 0 amide bonds. The molecule has 1 atom stereocenters. The van der Waals surface area contributed by atoms with E-state index >= 15 is 0 Å². The van der Waals surface area contributed by atoms with Crippen LogP contribution in [0.1, 0.15) is 48.8 Å². The monoisotopic (exact) mass is 380 g/mol. The van der Waals surface area contributed by atoms with E-state index in [9.17, 15) is 5.26 Å². The van der Waals surface area contributed by atoms with Crippen molar-refractivity contribution in [2.24, 2.45) is 16.3 Å². The second-order valence-corrected chi connectivity index (χ2v) is 9.35. The van der Waals surface area contributed by atoms with Gasteiger partial charge < -0.3 is 9.47 Å². The van der Waals surface area contributed by atoms with Crippen LogP contribution in [-0.4, -0.2) is 19.4 Å². The summed E-state index contributed by atoms with van der Waals surface area (Å²) in [6.45, 7) is 8.08. The molecule has 0 saturated heterocycles. The van der Waals surface area contributed by atoms with Gasteiger partial charge in [-0.25, -0.2) is 4.99 Å². The van der Waals surface area contributed by atoms with E-state index in [0.29, 0.717) is 24.5 Å². The van der Waals surface area contributed by atoms with Gasteiger partial charge in [0.15, 0.2) is 11.5 Å². The molecule has 5 heteroatoms. The summed E-state index contributed by atoms with van der Waals surface area (Å²) in [6.07, 6.45) is 5.00. The third kappa shape index (κ3) is 3.59. The highest BCUT2D eigenvalue weighted by atomic mass is 32.1. The summed E-state index contributed by atoms with van der Waals surface area (Å²) in [6, 6.07) is 8.21. The molecule has 1 aromatic heterocycles. The molecule has 0 spiro atoms. The van der Waals surface area contributed by atoms with Crippen LogP contribution in [0, 0.1) is 22.7 Å². The van der Waals surface area contributed by atoms with E-state index in [-0.39, 0.29) is 0 Å². The zero-order valence-corrected chi connectivity index (χ0v) is 16.9. The summed E-state index contributed by atoms with van der Waals surface area (Å²) in [5, 5.41) is 10.5. The van der Waals surface area contributed by atoms with Gasteiger partial charge in [0.1, 0.15) is 24.3 Å². The van der Waals surface area contributed by atoms with Crippen LogP contribution in [0.3, 0.4) is 0 Å². The Kier molecular flexibility index (Phi) is 4.69. The van der Waals surface area contributed by atoms with Crippen molar-refractivity contribution in [1.29, 1.82) is 5.26 Å². The van der Waals surface area contributed by atoms with Gasteiger partial charge in [0.05, 0.1) is 5.56 Å². The molecule has 2 heterocycles. The summed E-state index contributed by atoms with van der Waals surface area (Å²) in [4.78, 5) is 6.00. The lowest BCUT2D eigenvalue weighted by atomic mass is 9.72. The molecular formula is C22H24N2O2S. The van der Waals surface area contributed by atoms with E-state index in [1.165, 1.54) is 10.4 Å². The van der Waals surface area contributed by atoms with Gasteiger partial charge in [-0.2, -0.15) is 5.26 Å². The van der Waals surface area contributed by atoms with Crippen LogP contribution in [0.25, 0.3) is 0 Å². The number of thiophene rings is 1. The topological polar surface area (TPSA) is 54.6 Å². The number of rotatable bonds is 2. The number of ether oxygens (including phenoxy) is 2. The number of hydrogen-bond donors (Lipinski definition) is 0. The second-order valence-electron chi connectivity index (χ2n) is 8.26. The molecule has 0 saturated carbocycles. The first-order valence-corrected chi connectivity index (χ1v) is 10.3. The highest BCUT2D eigenvalue weighted by molar-refractivity contribution is 7.16. The van der Waals surface area contributed by atoms with Crippen molar-refractivity contribution in [2.45, 2.75) is 40.0 Å². The average molecular weight is 381 g/mol. The number of nitriles is 1.